The van der Waals surface area contributed by atoms with Gasteiger partial charge >= 0.3 is 6.03 Å². The molecule has 0 spiro atoms. The minimum atomic E-state index is -0.246. The van der Waals surface area contributed by atoms with Crippen LogP contribution in [0.15, 0.2) is 35.2 Å². The number of aromatic nitrogens is 1. The fourth-order valence-electron chi connectivity index (χ4n) is 3.11. The van der Waals surface area contributed by atoms with Gasteiger partial charge in [-0.2, -0.15) is 0 Å². The van der Waals surface area contributed by atoms with Gasteiger partial charge in [0.25, 0.3) is 0 Å². The van der Waals surface area contributed by atoms with Gasteiger partial charge in [-0.25, -0.2) is 9.78 Å². The first-order valence-corrected chi connectivity index (χ1v) is 9.61. The Bertz CT molecular complexity index is 750. The summed E-state index contributed by atoms with van der Waals surface area (Å²) in [4.78, 5) is 29.9. The van der Waals surface area contributed by atoms with Gasteiger partial charge < -0.3 is 21.3 Å². The number of hydrogen-bond acceptors (Lipinski definition) is 5. The third kappa shape index (κ3) is 5.03. The molecule has 1 aliphatic heterocycles. The number of rotatable bonds is 6. The molecule has 2 aromatic rings. The number of nitrogens with two attached hydrogens (primary N) is 1. The fourth-order valence-corrected chi connectivity index (χ4v) is 3.67. The number of piperidine rings is 1. The number of thiazole rings is 1. The Morgan fingerprint density at radius 2 is 2.27 bits per heavy atom. The second-order valence-electron chi connectivity index (χ2n) is 6.38. The Hall–Kier alpha value is -2.45. The van der Waals surface area contributed by atoms with Crippen molar-refractivity contribution in [2.45, 2.75) is 12.8 Å². The SMILES string of the molecule is NC(=O)C1CCCN(CCNC(=O)Nc2cccc(-c3cscn3)c2)C1. The number of benzene rings is 1. The molecule has 1 aromatic carbocycles. The Kier molecular flexibility index (Phi) is 6.19. The van der Waals surface area contributed by atoms with Crippen molar-refractivity contribution in [2.75, 3.05) is 31.5 Å². The van der Waals surface area contributed by atoms with Crippen molar-refractivity contribution in [1.29, 1.82) is 0 Å². The van der Waals surface area contributed by atoms with Crippen LogP contribution in [0.1, 0.15) is 12.8 Å². The van der Waals surface area contributed by atoms with E-state index < -0.39 is 0 Å². The van der Waals surface area contributed by atoms with Gasteiger partial charge in [-0.15, -0.1) is 11.3 Å². The van der Waals surface area contributed by atoms with Crippen molar-refractivity contribution < 1.29 is 9.59 Å². The van der Waals surface area contributed by atoms with Crippen LogP contribution in [0, 0.1) is 5.92 Å². The van der Waals surface area contributed by atoms with E-state index >= 15 is 0 Å². The number of carbonyl (C=O) groups excluding carboxylic acids is 2. The summed E-state index contributed by atoms with van der Waals surface area (Å²) in [6.07, 6.45) is 1.82. The van der Waals surface area contributed by atoms with Crippen LogP contribution < -0.4 is 16.4 Å². The van der Waals surface area contributed by atoms with Crippen molar-refractivity contribution in [2.24, 2.45) is 11.7 Å². The Morgan fingerprint density at radius 3 is 3.04 bits per heavy atom. The molecule has 1 aromatic heterocycles. The van der Waals surface area contributed by atoms with E-state index in [-0.39, 0.29) is 17.9 Å². The highest BCUT2D eigenvalue weighted by Crippen LogP contribution is 2.22. The standard InChI is InChI=1S/C18H23N5O2S/c19-17(24)14-4-2-7-23(10-14)8-6-20-18(25)22-15-5-1-3-13(9-15)16-11-26-12-21-16/h1,3,5,9,11-12,14H,2,4,6-8,10H2,(H2,19,24)(H2,20,22,25). The summed E-state index contributed by atoms with van der Waals surface area (Å²) in [6, 6.07) is 7.35. The van der Waals surface area contributed by atoms with E-state index in [2.05, 4.69) is 20.5 Å². The zero-order chi connectivity index (χ0) is 18.4. The number of amides is 3. The summed E-state index contributed by atoms with van der Waals surface area (Å²) in [7, 11) is 0. The van der Waals surface area contributed by atoms with Gasteiger partial charge in [-0.3, -0.25) is 4.79 Å². The van der Waals surface area contributed by atoms with Crippen molar-refractivity contribution >= 4 is 29.0 Å². The molecule has 7 nitrogen and oxygen atoms in total. The summed E-state index contributed by atoms with van der Waals surface area (Å²) in [5.41, 5.74) is 9.76. The highest BCUT2D eigenvalue weighted by atomic mass is 32.1. The molecular weight excluding hydrogens is 350 g/mol. The minimum absolute atomic E-state index is 0.0777. The number of likely N-dealkylation sites (tertiary alicyclic amines) is 1. The third-order valence-corrected chi connectivity index (χ3v) is 5.06. The summed E-state index contributed by atoms with van der Waals surface area (Å²) >= 11 is 1.54. The van der Waals surface area contributed by atoms with Crippen LogP contribution in [0.3, 0.4) is 0 Å². The highest BCUT2D eigenvalue weighted by molar-refractivity contribution is 7.07. The molecule has 3 amide bonds. The largest absolute Gasteiger partial charge is 0.369 e. The van der Waals surface area contributed by atoms with E-state index in [9.17, 15) is 9.59 Å². The van der Waals surface area contributed by atoms with Crippen LogP contribution in [0.25, 0.3) is 11.3 Å². The predicted molar refractivity (Wildman–Crippen MR) is 103 cm³/mol. The van der Waals surface area contributed by atoms with E-state index in [4.69, 9.17) is 5.73 Å². The van der Waals surface area contributed by atoms with Crippen LogP contribution >= 0.6 is 11.3 Å². The Morgan fingerprint density at radius 1 is 1.38 bits per heavy atom. The quantitative estimate of drug-likeness (QED) is 0.722. The topological polar surface area (TPSA) is 100 Å². The van der Waals surface area contributed by atoms with Gasteiger partial charge in [0.15, 0.2) is 0 Å². The summed E-state index contributed by atoms with van der Waals surface area (Å²) in [5, 5.41) is 7.67. The zero-order valence-electron chi connectivity index (χ0n) is 14.5. The van der Waals surface area contributed by atoms with Crippen molar-refractivity contribution in [1.82, 2.24) is 15.2 Å². The second kappa shape index (κ2) is 8.77. The van der Waals surface area contributed by atoms with Crippen LogP contribution in [-0.4, -0.2) is 48.0 Å². The molecule has 1 aliphatic rings. The summed E-state index contributed by atoms with van der Waals surface area (Å²) in [6.45, 7) is 2.83. The maximum atomic E-state index is 12.1. The average Bonchev–Trinajstić information content (AvgIpc) is 3.17. The number of nitrogens with one attached hydrogen (secondary N) is 2. The number of anilines is 1. The molecule has 0 saturated carbocycles. The Balaban J connectivity index is 1.44. The van der Waals surface area contributed by atoms with Gasteiger partial charge in [0.2, 0.25) is 5.91 Å². The molecule has 0 bridgehead atoms. The smallest absolute Gasteiger partial charge is 0.319 e. The number of hydrogen-bond donors (Lipinski definition) is 3. The highest BCUT2D eigenvalue weighted by Gasteiger charge is 2.23. The second-order valence-corrected chi connectivity index (χ2v) is 7.10. The van der Waals surface area contributed by atoms with Crippen LogP contribution in [0.4, 0.5) is 10.5 Å². The molecule has 1 saturated heterocycles. The third-order valence-electron chi connectivity index (χ3n) is 4.47. The van der Waals surface area contributed by atoms with Crippen molar-refractivity contribution in [3.63, 3.8) is 0 Å². The average molecular weight is 373 g/mol. The van der Waals surface area contributed by atoms with Crippen molar-refractivity contribution in [3.8, 4) is 11.3 Å². The normalized spacial score (nSPS) is 17.6. The van der Waals surface area contributed by atoms with Crippen LogP contribution in [0.5, 0.6) is 0 Å². The van der Waals surface area contributed by atoms with Gasteiger partial charge in [0, 0.05) is 36.3 Å². The molecule has 26 heavy (non-hydrogen) atoms. The number of primary amides is 1. The number of nitrogens with zero attached hydrogens (tertiary/aromatic N) is 2. The van der Waals surface area contributed by atoms with Crippen LogP contribution in [0.2, 0.25) is 0 Å². The first-order valence-electron chi connectivity index (χ1n) is 8.67. The van der Waals surface area contributed by atoms with Gasteiger partial charge in [-0.1, -0.05) is 12.1 Å². The summed E-state index contributed by atoms with van der Waals surface area (Å²) in [5.74, 6) is -0.313. The maximum absolute atomic E-state index is 12.1. The van der Waals surface area contributed by atoms with E-state index in [1.54, 1.807) is 5.51 Å². The molecule has 1 fully saturated rings. The van der Waals surface area contributed by atoms with Crippen LogP contribution in [-0.2, 0) is 4.79 Å². The zero-order valence-corrected chi connectivity index (χ0v) is 15.3. The van der Waals surface area contributed by atoms with E-state index in [1.165, 1.54) is 11.3 Å². The minimum Gasteiger partial charge on any atom is -0.369 e. The summed E-state index contributed by atoms with van der Waals surface area (Å²) < 4.78 is 0. The molecule has 0 aliphatic carbocycles. The lowest BCUT2D eigenvalue weighted by molar-refractivity contribution is -0.123. The molecular formula is C18H23N5O2S. The predicted octanol–water partition coefficient (Wildman–Crippen LogP) is 2.13. The first kappa shape index (κ1) is 18.3. The van der Waals surface area contributed by atoms with E-state index in [0.29, 0.717) is 19.6 Å². The maximum Gasteiger partial charge on any atom is 0.319 e. The molecule has 0 radical (unpaired) electrons. The molecule has 1 atom stereocenters. The molecule has 4 N–H and O–H groups in total. The van der Waals surface area contributed by atoms with Gasteiger partial charge in [-0.05, 0) is 31.5 Å². The Labute approximate surface area is 156 Å². The number of urea groups is 1. The van der Waals surface area contributed by atoms with E-state index in [1.807, 2.05) is 29.6 Å². The van der Waals surface area contributed by atoms with E-state index in [0.717, 1.165) is 36.3 Å². The molecule has 2 heterocycles. The molecule has 138 valence electrons. The molecule has 3 rings (SSSR count). The van der Waals surface area contributed by atoms with Gasteiger partial charge in [0.1, 0.15) is 0 Å². The van der Waals surface area contributed by atoms with Gasteiger partial charge in [0.05, 0.1) is 17.1 Å². The number of carbonyl (C=O) groups is 2. The lowest BCUT2D eigenvalue weighted by Gasteiger charge is -2.31. The molecule has 8 heteroatoms. The lowest BCUT2D eigenvalue weighted by atomic mass is 9.97. The first-order chi connectivity index (χ1) is 12.6. The van der Waals surface area contributed by atoms with Crippen molar-refractivity contribution in [3.05, 3.63) is 35.2 Å². The molecule has 1 unspecified atom stereocenters. The lowest BCUT2D eigenvalue weighted by Crippen LogP contribution is -2.44. The fraction of sp³-hybridized carbons (Fsp3) is 0.389. The monoisotopic (exact) mass is 373 g/mol.